The van der Waals surface area contributed by atoms with Crippen LogP contribution in [-0.2, 0) is 29.1 Å². The fraction of sp³-hybridized carbons (Fsp3) is 0.312. The number of amides is 4. The molecule has 0 aliphatic carbocycles. The van der Waals surface area contributed by atoms with Crippen molar-refractivity contribution in [2.24, 2.45) is 5.41 Å². The van der Waals surface area contributed by atoms with Gasteiger partial charge in [-0.15, -0.1) is 0 Å². The maximum atomic E-state index is 14.5. The van der Waals surface area contributed by atoms with Gasteiger partial charge in [-0.25, -0.2) is 22.9 Å². The predicted molar refractivity (Wildman–Crippen MR) is 241 cm³/mol. The first-order chi connectivity index (χ1) is 29.8. The molecular weight excluding hydrogens is 823 g/mol. The summed E-state index contributed by atoms with van der Waals surface area (Å²) >= 11 is 0. The Morgan fingerprint density at radius 1 is 0.825 bits per heavy atom. The van der Waals surface area contributed by atoms with Crippen LogP contribution < -0.4 is 30.1 Å². The zero-order valence-electron chi connectivity index (χ0n) is 36.6. The van der Waals surface area contributed by atoms with E-state index in [1.54, 1.807) is 116 Å². The first-order valence-electron chi connectivity index (χ1n) is 20.6. The van der Waals surface area contributed by atoms with E-state index in [0.29, 0.717) is 51.4 Å². The zero-order chi connectivity index (χ0) is 45.7. The van der Waals surface area contributed by atoms with Crippen molar-refractivity contribution in [1.82, 2.24) is 25.7 Å². The van der Waals surface area contributed by atoms with E-state index in [-0.39, 0.29) is 16.9 Å². The maximum Gasteiger partial charge on any atom is 0.408 e. The van der Waals surface area contributed by atoms with E-state index in [4.69, 9.17) is 19.2 Å². The van der Waals surface area contributed by atoms with E-state index in [2.05, 4.69) is 20.7 Å². The highest BCUT2D eigenvalue weighted by atomic mass is 32.2. The van der Waals surface area contributed by atoms with E-state index in [1.807, 2.05) is 42.5 Å². The van der Waals surface area contributed by atoms with Crippen LogP contribution in [0.15, 0.2) is 102 Å². The topological polar surface area (TPSA) is 191 Å². The number of carbonyl (C=O) groups excluding carboxylic acids is 4. The molecule has 63 heavy (non-hydrogen) atoms. The zero-order valence-corrected chi connectivity index (χ0v) is 37.4. The smallest absolute Gasteiger partial charge is 0.408 e. The molecule has 1 aromatic heterocycles. The molecule has 4 amide bonds. The Morgan fingerprint density at radius 3 is 2.21 bits per heavy atom. The summed E-state index contributed by atoms with van der Waals surface area (Å²) in [7, 11) is -2.89. The summed E-state index contributed by atoms with van der Waals surface area (Å²) in [6.07, 6.45) is 2.85. The molecule has 2 bridgehead atoms. The van der Waals surface area contributed by atoms with Gasteiger partial charge in [-0.1, -0.05) is 101 Å². The Morgan fingerprint density at radius 2 is 1.52 bits per heavy atom. The molecule has 2 heterocycles. The van der Waals surface area contributed by atoms with E-state index < -0.39 is 63.0 Å². The minimum Gasteiger partial charge on any atom is -0.497 e. The van der Waals surface area contributed by atoms with E-state index >= 15 is 0 Å². The lowest BCUT2D eigenvalue weighted by Crippen LogP contribution is -2.57. The summed E-state index contributed by atoms with van der Waals surface area (Å²) < 4.78 is 47.6. The number of ether oxygens (including phenoxy) is 3. The Labute approximate surface area is 367 Å². The third kappa shape index (κ3) is 11.2. The van der Waals surface area contributed by atoms with Crippen molar-refractivity contribution >= 4 is 56.9 Å². The van der Waals surface area contributed by atoms with Crippen LogP contribution in [0.25, 0.3) is 34.3 Å². The summed E-state index contributed by atoms with van der Waals surface area (Å²) in [5, 5.41) is 8.83. The van der Waals surface area contributed by atoms with Crippen LogP contribution in [0.5, 0.6) is 17.2 Å². The molecule has 15 heteroatoms. The average molecular weight is 876 g/mol. The maximum absolute atomic E-state index is 14.5. The van der Waals surface area contributed by atoms with Gasteiger partial charge in [0.05, 0.1) is 23.2 Å². The van der Waals surface area contributed by atoms with Crippen LogP contribution >= 0.6 is 0 Å². The Hall–Kier alpha value is -6.74. The third-order valence-electron chi connectivity index (χ3n) is 10.1. The van der Waals surface area contributed by atoms with Crippen molar-refractivity contribution in [1.29, 1.82) is 0 Å². The van der Waals surface area contributed by atoms with Crippen LogP contribution in [0.1, 0.15) is 84.0 Å². The van der Waals surface area contributed by atoms with Gasteiger partial charge in [0.25, 0.3) is 15.9 Å². The molecule has 0 unspecified atom stereocenters. The van der Waals surface area contributed by atoms with Gasteiger partial charge in [-0.05, 0) is 74.1 Å². The van der Waals surface area contributed by atoms with Crippen molar-refractivity contribution in [2.75, 3.05) is 7.11 Å². The molecule has 330 valence electrons. The number of sulfonamides is 1. The van der Waals surface area contributed by atoms with Gasteiger partial charge in [-0.3, -0.25) is 14.4 Å². The summed E-state index contributed by atoms with van der Waals surface area (Å²) in [5.41, 5.74) is 1.30. The number of nitrogens with zero attached hydrogens (tertiary/aromatic N) is 1. The lowest BCUT2D eigenvalue weighted by Gasteiger charge is -2.33. The molecule has 0 saturated carbocycles. The Balaban J connectivity index is 1.53. The SMILES string of the molecule is CCC[C@@H]1NC(=O)[C@@H](NC(=O)[C@@H](NC(=O)OC(C)(C)C)C(C)(C)C)c2ccc(Oc3cc(-c4ccccc4)nc4cc(OC)ccc34)c(c2)/C=C/c2ccccc2S(=O)(=O)NC1=O. The second-order valence-electron chi connectivity index (χ2n) is 17.2. The Kier molecular flexibility index (Phi) is 13.6. The molecule has 3 atom stereocenters. The first kappa shape index (κ1) is 45.8. The van der Waals surface area contributed by atoms with Crippen molar-refractivity contribution in [3.63, 3.8) is 0 Å². The van der Waals surface area contributed by atoms with Gasteiger partial charge in [0, 0.05) is 28.6 Å². The average Bonchev–Trinajstić information content (AvgIpc) is 3.22. The number of hydrogen-bond acceptors (Lipinski definition) is 10. The standard InChI is InChI=1S/C48H53N5O9S/c1-9-15-35-43(54)53-63(58,59)40-19-14-13-18-30(40)20-21-31-26-32(41(44(55)50-35)51-45(56)42(47(2,3)4)52-46(57)62-48(5,6)7)22-25-38(31)61-39-28-36(29-16-11-10-12-17-29)49-37-27-33(60-8)23-24-34(37)39/h10-14,16-28,35,41-42H,9,15H2,1-8H3,(H,50,55)(H,51,56)(H,52,57)(H,53,54)/b21-20+/t35-,41-,42+/m0/s1. The fourth-order valence-corrected chi connectivity index (χ4v) is 8.19. The quantitative estimate of drug-likeness (QED) is 0.113. The largest absolute Gasteiger partial charge is 0.497 e. The highest BCUT2D eigenvalue weighted by Crippen LogP contribution is 2.38. The van der Waals surface area contributed by atoms with Gasteiger partial charge in [0.15, 0.2) is 0 Å². The third-order valence-corrected chi connectivity index (χ3v) is 11.5. The molecule has 1 aliphatic heterocycles. The number of hydrogen-bond donors (Lipinski definition) is 4. The molecule has 0 spiro atoms. The van der Waals surface area contributed by atoms with Gasteiger partial charge in [0.1, 0.15) is 41.0 Å². The number of nitrogens with one attached hydrogen (secondary N) is 4. The Bertz CT molecular complexity index is 2670. The second-order valence-corrected chi connectivity index (χ2v) is 18.9. The van der Waals surface area contributed by atoms with Crippen LogP contribution in [0.3, 0.4) is 0 Å². The summed E-state index contributed by atoms with van der Waals surface area (Å²) in [6.45, 7) is 12.1. The van der Waals surface area contributed by atoms with Gasteiger partial charge >= 0.3 is 6.09 Å². The number of pyridine rings is 1. The van der Waals surface area contributed by atoms with Crippen LogP contribution in [-0.4, -0.2) is 62.0 Å². The van der Waals surface area contributed by atoms with Crippen LogP contribution in [0.4, 0.5) is 4.79 Å². The molecule has 0 saturated heterocycles. The highest BCUT2D eigenvalue weighted by molar-refractivity contribution is 7.90. The molecule has 5 aromatic rings. The molecule has 6 rings (SSSR count). The minimum absolute atomic E-state index is 0.0783. The van der Waals surface area contributed by atoms with Crippen LogP contribution in [0.2, 0.25) is 0 Å². The van der Waals surface area contributed by atoms with Crippen molar-refractivity contribution < 1.29 is 41.8 Å². The van der Waals surface area contributed by atoms with Gasteiger partial charge < -0.3 is 30.2 Å². The minimum atomic E-state index is -4.46. The van der Waals surface area contributed by atoms with Crippen molar-refractivity contribution in [2.45, 2.75) is 89.9 Å². The molecule has 4 aromatic carbocycles. The monoisotopic (exact) mass is 875 g/mol. The summed E-state index contributed by atoms with van der Waals surface area (Å²) in [6, 6.07) is 24.0. The first-order valence-corrected chi connectivity index (χ1v) is 22.0. The number of alkyl carbamates (subject to hydrolysis) is 1. The van der Waals surface area contributed by atoms with Crippen LogP contribution in [0, 0.1) is 5.41 Å². The molecule has 14 nitrogen and oxygen atoms in total. The molecule has 1 aliphatic rings. The normalized spacial score (nSPS) is 17.5. The number of methoxy groups -OCH3 is 1. The summed E-state index contributed by atoms with van der Waals surface area (Å²) in [5.74, 6) is -1.12. The van der Waals surface area contributed by atoms with E-state index in [9.17, 15) is 27.6 Å². The van der Waals surface area contributed by atoms with E-state index in [0.717, 1.165) is 5.56 Å². The van der Waals surface area contributed by atoms with Gasteiger partial charge in [-0.2, -0.15) is 0 Å². The molecule has 0 radical (unpaired) electrons. The van der Waals surface area contributed by atoms with Crippen molar-refractivity contribution in [3.05, 3.63) is 114 Å². The predicted octanol–water partition coefficient (Wildman–Crippen LogP) is 8.07. The molecule has 4 N–H and O–H groups in total. The number of aromatic nitrogens is 1. The number of fused-ring (bicyclic) bond motifs is 4. The van der Waals surface area contributed by atoms with Crippen molar-refractivity contribution in [3.8, 4) is 28.5 Å². The lowest BCUT2D eigenvalue weighted by atomic mass is 9.86. The summed E-state index contributed by atoms with van der Waals surface area (Å²) in [4.78, 5) is 60.3. The molecule has 0 fully saturated rings. The highest BCUT2D eigenvalue weighted by Gasteiger charge is 2.38. The fourth-order valence-electron chi connectivity index (χ4n) is 6.97. The van der Waals surface area contributed by atoms with E-state index in [1.165, 1.54) is 6.07 Å². The number of carbonyl (C=O) groups is 4. The molecular formula is C48H53N5O9S. The van der Waals surface area contributed by atoms with Gasteiger partial charge in [0.2, 0.25) is 11.8 Å². The lowest BCUT2D eigenvalue weighted by molar-refractivity contribution is -0.133. The second kappa shape index (κ2) is 18.7. The number of benzene rings is 4. The number of rotatable bonds is 9.